The monoisotopic (exact) mass is 309 g/mol. The van der Waals surface area contributed by atoms with Crippen molar-refractivity contribution in [3.63, 3.8) is 0 Å². The third-order valence-corrected chi connectivity index (χ3v) is 3.32. The summed E-state index contributed by atoms with van der Waals surface area (Å²) in [4.78, 5) is 10.8. The molecule has 0 saturated heterocycles. The van der Waals surface area contributed by atoms with Crippen molar-refractivity contribution in [2.45, 2.75) is 6.61 Å². The molecule has 3 rings (SSSR count). The molecule has 116 valence electrons. The number of aromatic nitrogens is 1. The zero-order valence-electron chi connectivity index (χ0n) is 12.6. The Morgan fingerprint density at radius 3 is 2.65 bits per heavy atom. The summed E-state index contributed by atoms with van der Waals surface area (Å²) < 4.78 is 16.2. The van der Waals surface area contributed by atoms with Gasteiger partial charge in [-0.1, -0.05) is 35.5 Å². The molecular weight excluding hydrogens is 294 g/mol. The maximum absolute atomic E-state index is 10.8. The van der Waals surface area contributed by atoms with E-state index in [1.807, 2.05) is 36.4 Å². The predicted molar refractivity (Wildman–Crippen MR) is 84.7 cm³/mol. The molecule has 2 aromatic carbocycles. The van der Waals surface area contributed by atoms with Crippen LogP contribution in [0.1, 0.15) is 16.1 Å². The molecule has 23 heavy (non-hydrogen) atoms. The number of aldehydes is 1. The Hall–Kier alpha value is -3.08. The van der Waals surface area contributed by atoms with Crippen molar-refractivity contribution in [2.75, 3.05) is 7.11 Å². The van der Waals surface area contributed by atoms with Crippen LogP contribution < -0.4 is 9.47 Å². The van der Waals surface area contributed by atoms with Crippen LogP contribution in [0.2, 0.25) is 0 Å². The first-order valence-corrected chi connectivity index (χ1v) is 7.07. The van der Waals surface area contributed by atoms with Gasteiger partial charge in [0.2, 0.25) is 0 Å². The van der Waals surface area contributed by atoms with Crippen LogP contribution in [0, 0.1) is 0 Å². The van der Waals surface area contributed by atoms with Crippen LogP contribution in [0.5, 0.6) is 11.5 Å². The summed E-state index contributed by atoms with van der Waals surface area (Å²) in [5.74, 6) is 1.64. The highest BCUT2D eigenvalue weighted by Gasteiger charge is 2.10. The molecule has 5 nitrogen and oxygen atoms in total. The molecule has 0 bridgehead atoms. The van der Waals surface area contributed by atoms with Gasteiger partial charge in [0.05, 0.1) is 7.11 Å². The highest BCUT2D eigenvalue weighted by atomic mass is 16.5. The van der Waals surface area contributed by atoms with Crippen molar-refractivity contribution in [3.05, 3.63) is 65.9 Å². The van der Waals surface area contributed by atoms with Gasteiger partial charge in [0, 0.05) is 17.2 Å². The van der Waals surface area contributed by atoms with E-state index in [2.05, 4.69) is 5.16 Å². The van der Waals surface area contributed by atoms with E-state index < -0.39 is 0 Å². The molecule has 0 N–H and O–H groups in total. The van der Waals surface area contributed by atoms with Gasteiger partial charge in [-0.3, -0.25) is 4.79 Å². The normalized spacial score (nSPS) is 10.3. The summed E-state index contributed by atoms with van der Waals surface area (Å²) in [6.07, 6.45) is 0.759. The first kappa shape index (κ1) is 14.8. The van der Waals surface area contributed by atoms with Crippen molar-refractivity contribution >= 4 is 6.29 Å². The Morgan fingerprint density at radius 2 is 1.91 bits per heavy atom. The quantitative estimate of drug-likeness (QED) is 0.649. The second-order valence-electron chi connectivity index (χ2n) is 4.86. The fraction of sp³-hybridized carbons (Fsp3) is 0.111. The maximum Gasteiger partial charge on any atom is 0.174 e. The van der Waals surface area contributed by atoms with Gasteiger partial charge in [0.1, 0.15) is 18.6 Å². The van der Waals surface area contributed by atoms with Gasteiger partial charge >= 0.3 is 0 Å². The predicted octanol–water partition coefficient (Wildman–Crippen LogP) is 3.74. The van der Waals surface area contributed by atoms with E-state index in [-0.39, 0.29) is 6.61 Å². The second-order valence-corrected chi connectivity index (χ2v) is 4.86. The number of benzene rings is 2. The first-order chi connectivity index (χ1) is 11.3. The summed E-state index contributed by atoms with van der Waals surface area (Å²) in [6.45, 7) is 0.219. The maximum atomic E-state index is 10.8. The fourth-order valence-electron chi connectivity index (χ4n) is 2.15. The highest BCUT2D eigenvalue weighted by molar-refractivity contribution is 5.76. The number of hydrogen-bond acceptors (Lipinski definition) is 5. The molecular formula is C18H15NO4. The molecule has 0 aliphatic carbocycles. The first-order valence-electron chi connectivity index (χ1n) is 7.07. The van der Waals surface area contributed by atoms with Gasteiger partial charge in [-0.25, -0.2) is 0 Å². The summed E-state index contributed by atoms with van der Waals surface area (Å²) in [5.41, 5.74) is 2.27. The molecule has 0 saturated carbocycles. The fourth-order valence-corrected chi connectivity index (χ4v) is 2.15. The third kappa shape index (κ3) is 3.40. The van der Waals surface area contributed by atoms with Crippen molar-refractivity contribution < 1.29 is 18.8 Å². The summed E-state index contributed by atoms with van der Waals surface area (Å²) in [5, 5.41) is 4.04. The smallest absolute Gasteiger partial charge is 0.174 e. The Labute approximate surface area is 133 Å². The van der Waals surface area contributed by atoms with E-state index in [9.17, 15) is 4.79 Å². The Kier molecular flexibility index (Phi) is 4.38. The summed E-state index contributed by atoms with van der Waals surface area (Å²) in [6, 6.07) is 16.6. The Bertz CT molecular complexity index is 796. The lowest BCUT2D eigenvalue weighted by molar-refractivity contribution is 0.112. The number of rotatable bonds is 6. The van der Waals surface area contributed by atoms with Crippen molar-refractivity contribution in [1.29, 1.82) is 0 Å². The van der Waals surface area contributed by atoms with Crippen LogP contribution in [0.15, 0.2) is 59.1 Å². The van der Waals surface area contributed by atoms with Crippen LogP contribution in [0.3, 0.4) is 0 Å². The number of carbonyl (C=O) groups excluding carboxylic acids is 1. The molecule has 3 aromatic rings. The second kappa shape index (κ2) is 6.79. The molecule has 0 radical (unpaired) electrons. The molecule has 0 aliphatic heterocycles. The minimum Gasteiger partial charge on any atom is -0.493 e. The van der Waals surface area contributed by atoms with Crippen molar-refractivity contribution in [3.8, 4) is 22.8 Å². The molecule has 1 heterocycles. The summed E-state index contributed by atoms with van der Waals surface area (Å²) >= 11 is 0. The number of methoxy groups -OCH3 is 1. The Balaban J connectivity index is 1.72. The average molecular weight is 309 g/mol. The largest absolute Gasteiger partial charge is 0.493 e. The van der Waals surface area contributed by atoms with Crippen LogP contribution in [-0.4, -0.2) is 18.6 Å². The number of ether oxygens (including phenoxy) is 2. The lowest BCUT2D eigenvalue weighted by Crippen LogP contribution is -1.97. The summed E-state index contributed by atoms with van der Waals surface area (Å²) in [7, 11) is 1.53. The van der Waals surface area contributed by atoms with E-state index in [4.69, 9.17) is 14.0 Å². The lowest BCUT2D eigenvalue weighted by atomic mass is 10.1. The zero-order valence-corrected chi connectivity index (χ0v) is 12.6. The molecule has 0 aliphatic rings. The van der Waals surface area contributed by atoms with Gasteiger partial charge in [0.25, 0.3) is 0 Å². The minimum atomic E-state index is 0.219. The third-order valence-electron chi connectivity index (χ3n) is 3.32. The Morgan fingerprint density at radius 1 is 1.09 bits per heavy atom. The molecule has 1 aromatic heterocycles. The molecule has 0 amide bonds. The molecule has 5 heteroatoms. The number of nitrogens with zero attached hydrogens (tertiary/aromatic N) is 1. The number of carbonyl (C=O) groups is 1. The highest BCUT2D eigenvalue weighted by Crippen LogP contribution is 2.28. The van der Waals surface area contributed by atoms with Crippen molar-refractivity contribution in [2.24, 2.45) is 0 Å². The van der Waals surface area contributed by atoms with Crippen molar-refractivity contribution in [1.82, 2.24) is 5.16 Å². The van der Waals surface area contributed by atoms with Gasteiger partial charge in [0.15, 0.2) is 17.3 Å². The van der Waals surface area contributed by atoms with Gasteiger partial charge < -0.3 is 14.0 Å². The zero-order chi connectivity index (χ0) is 16.1. The van der Waals surface area contributed by atoms with E-state index in [1.54, 1.807) is 18.2 Å². The van der Waals surface area contributed by atoms with E-state index >= 15 is 0 Å². The van der Waals surface area contributed by atoms with Gasteiger partial charge in [-0.15, -0.1) is 0 Å². The lowest BCUT2D eigenvalue weighted by Gasteiger charge is -2.09. The van der Waals surface area contributed by atoms with Crippen LogP contribution in [-0.2, 0) is 6.61 Å². The number of hydrogen-bond donors (Lipinski definition) is 0. The van der Waals surface area contributed by atoms with Gasteiger partial charge in [-0.2, -0.15) is 0 Å². The van der Waals surface area contributed by atoms with Crippen LogP contribution >= 0.6 is 0 Å². The van der Waals surface area contributed by atoms with Gasteiger partial charge in [-0.05, 0) is 18.2 Å². The van der Waals surface area contributed by atoms with E-state index in [1.165, 1.54) is 7.11 Å². The molecule has 0 fully saturated rings. The SMILES string of the molecule is COc1cc(C=O)ccc1OCc1cc(-c2ccccc2)no1. The van der Waals surface area contributed by atoms with E-state index in [0.717, 1.165) is 17.5 Å². The molecule has 0 atom stereocenters. The standard InChI is InChI=1S/C18H15NO4/c1-21-18-9-13(11-20)7-8-17(18)22-12-15-10-16(19-23-15)14-5-3-2-4-6-14/h2-11H,12H2,1H3. The topological polar surface area (TPSA) is 61.6 Å². The molecule has 0 spiro atoms. The van der Waals surface area contributed by atoms with Crippen LogP contribution in [0.4, 0.5) is 0 Å². The molecule has 0 unspecified atom stereocenters. The average Bonchev–Trinajstić information content (AvgIpc) is 3.09. The van der Waals surface area contributed by atoms with E-state index in [0.29, 0.717) is 22.8 Å². The minimum absolute atomic E-state index is 0.219. The van der Waals surface area contributed by atoms with Crippen LogP contribution in [0.25, 0.3) is 11.3 Å².